The molecular formula is C15H16O2. The Morgan fingerprint density at radius 3 is 2.47 bits per heavy atom. The van der Waals surface area contributed by atoms with Crippen LogP contribution in [0.2, 0.25) is 0 Å². The molecule has 88 valence electrons. The molecular weight excluding hydrogens is 212 g/mol. The summed E-state index contributed by atoms with van der Waals surface area (Å²) in [5.41, 5.74) is 2.27. The van der Waals surface area contributed by atoms with E-state index < -0.39 is 0 Å². The van der Waals surface area contributed by atoms with E-state index in [2.05, 4.69) is 13.0 Å². The van der Waals surface area contributed by atoms with Gasteiger partial charge in [0.15, 0.2) is 0 Å². The molecule has 2 nitrogen and oxygen atoms in total. The van der Waals surface area contributed by atoms with Crippen molar-refractivity contribution in [3.63, 3.8) is 0 Å². The number of hydrogen-bond donors (Lipinski definition) is 0. The molecule has 0 amide bonds. The van der Waals surface area contributed by atoms with Gasteiger partial charge in [0, 0.05) is 5.56 Å². The van der Waals surface area contributed by atoms with Gasteiger partial charge in [-0.05, 0) is 31.2 Å². The molecule has 0 aliphatic heterocycles. The number of ether oxygens (including phenoxy) is 2. The number of hydrogen-bond acceptors (Lipinski definition) is 2. The lowest BCUT2D eigenvalue weighted by atomic mass is 10.1. The van der Waals surface area contributed by atoms with Gasteiger partial charge in [0.25, 0.3) is 0 Å². The standard InChI is InChI=1S/C15H16O2/c1-12-8-9-15(16-2)13(10-12)11-17-14-6-4-3-5-7-14/h3-10H,11H2,1-2H3. The second-order valence-electron chi connectivity index (χ2n) is 3.92. The van der Waals surface area contributed by atoms with Crippen LogP contribution in [0, 0.1) is 6.92 Å². The van der Waals surface area contributed by atoms with E-state index in [1.165, 1.54) is 5.56 Å². The number of aryl methyl sites for hydroxylation is 1. The molecule has 0 heterocycles. The Kier molecular flexibility index (Phi) is 3.66. The van der Waals surface area contributed by atoms with Crippen molar-refractivity contribution in [1.29, 1.82) is 0 Å². The van der Waals surface area contributed by atoms with Crippen LogP contribution >= 0.6 is 0 Å². The number of rotatable bonds is 4. The third-order valence-corrected chi connectivity index (χ3v) is 2.57. The molecule has 0 saturated heterocycles. The summed E-state index contributed by atoms with van der Waals surface area (Å²) in [6.45, 7) is 2.58. The van der Waals surface area contributed by atoms with E-state index in [-0.39, 0.29) is 0 Å². The molecule has 0 radical (unpaired) electrons. The van der Waals surface area contributed by atoms with Crippen LogP contribution in [0.25, 0.3) is 0 Å². The van der Waals surface area contributed by atoms with E-state index >= 15 is 0 Å². The smallest absolute Gasteiger partial charge is 0.125 e. The van der Waals surface area contributed by atoms with Gasteiger partial charge in [-0.15, -0.1) is 0 Å². The molecule has 0 unspecified atom stereocenters. The van der Waals surface area contributed by atoms with Gasteiger partial charge in [0.05, 0.1) is 7.11 Å². The zero-order valence-corrected chi connectivity index (χ0v) is 10.1. The van der Waals surface area contributed by atoms with Crippen molar-refractivity contribution in [1.82, 2.24) is 0 Å². The topological polar surface area (TPSA) is 18.5 Å². The van der Waals surface area contributed by atoms with Gasteiger partial charge in [-0.1, -0.05) is 29.8 Å². The Morgan fingerprint density at radius 1 is 1.00 bits per heavy atom. The van der Waals surface area contributed by atoms with Crippen LogP contribution in [0.3, 0.4) is 0 Å². The van der Waals surface area contributed by atoms with Gasteiger partial charge in [0.1, 0.15) is 18.1 Å². The highest BCUT2D eigenvalue weighted by atomic mass is 16.5. The van der Waals surface area contributed by atoms with Crippen molar-refractivity contribution in [2.75, 3.05) is 7.11 Å². The average Bonchev–Trinajstić information content (AvgIpc) is 2.38. The van der Waals surface area contributed by atoms with Crippen LogP contribution in [-0.4, -0.2) is 7.11 Å². The van der Waals surface area contributed by atoms with Gasteiger partial charge in [-0.3, -0.25) is 0 Å². The molecule has 0 N–H and O–H groups in total. The first-order valence-corrected chi connectivity index (χ1v) is 5.61. The quantitative estimate of drug-likeness (QED) is 0.796. The average molecular weight is 228 g/mol. The van der Waals surface area contributed by atoms with E-state index in [4.69, 9.17) is 9.47 Å². The summed E-state index contributed by atoms with van der Waals surface area (Å²) in [6.07, 6.45) is 0. The van der Waals surface area contributed by atoms with E-state index in [1.54, 1.807) is 7.11 Å². The normalized spacial score (nSPS) is 10.0. The van der Waals surface area contributed by atoms with E-state index in [0.717, 1.165) is 17.1 Å². The van der Waals surface area contributed by atoms with Gasteiger partial charge < -0.3 is 9.47 Å². The van der Waals surface area contributed by atoms with Gasteiger partial charge in [-0.2, -0.15) is 0 Å². The van der Waals surface area contributed by atoms with E-state index in [1.807, 2.05) is 42.5 Å². The molecule has 2 rings (SSSR count). The van der Waals surface area contributed by atoms with Crippen molar-refractivity contribution in [2.45, 2.75) is 13.5 Å². The predicted octanol–water partition coefficient (Wildman–Crippen LogP) is 3.58. The Morgan fingerprint density at radius 2 is 1.76 bits per heavy atom. The SMILES string of the molecule is COc1ccc(C)cc1COc1ccccc1. The van der Waals surface area contributed by atoms with Crippen LogP contribution in [-0.2, 0) is 6.61 Å². The highest BCUT2D eigenvalue weighted by molar-refractivity contribution is 5.36. The third kappa shape index (κ3) is 3.00. The number of methoxy groups -OCH3 is 1. The van der Waals surface area contributed by atoms with Gasteiger partial charge in [0.2, 0.25) is 0 Å². The largest absolute Gasteiger partial charge is 0.496 e. The molecule has 0 saturated carbocycles. The minimum Gasteiger partial charge on any atom is -0.496 e. The third-order valence-electron chi connectivity index (χ3n) is 2.57. The highest BCUT2D eigenvalue weighted by Crippen LogP contribution is 2.21. The molecule has 0 bridgehead atoms. The Balaban J connectivity index is 2.11. The summed E-state index contributed by atoms with van der Waals surface area (Å²) in [5.74, 6) is 1.74. The zero-order valence-electron chi connectivity index (χ0n) is 10.1. The maximum Gasteiger partial charge on any atom is 0.125 e. The van der Waals surface area contributed by atoms with Gasteiger partial charge >= 0.3 is 0 Å². The van der Waals surface area contributed by atoms with Crippen LogP contribution in [0.4, 0.5) is 0 Å². The van der Waals surface area contributed by atoms with Crippen LogP contribution in [0.1, 0.15) is 11.1 Å². The number of benzene rings is 2. The molecule has 0 aromatic heterocycles. The van der Waals surface area contributed by atoms with Gasteiger partial charge in [-0.25, -0.2) is 0 Å². The first-order chi connectivity index (χ1) is 8.29. The lowest BCUT2D eigenvalue weighted by molar-refractivity contribution is 0.296. The molecule has 0 aliphatic carbocycles. The minimum absolute atomic E-state index is 0.523. The van der Waals surface area contributed by atoms with Crippen molar-refractivity contribution in [3.05, 3.63) is 59.7 Å². The fourth-order valence-electron chi connectivity index (χ4n) is 1.70. The monoisotopic (exact) mass is 228 g/mol. The molecule has 0 aliphatic rings. The molecule has 2 aromatic carbocycles. The van der Waals surface area contributed by atoms with Crippen molar-refractivity contribution in [2.24, 2.45) is 0 Å². The Bertz CT molecular complexity index is 478. The van der Waals surface area contributed by atoms with Crippen LogP contribution in [0.5, 0.6) is 11.5 Å². The summed E-state index contributed by atoms with van der Waals surface area (Å²) in [6, 6.07) is 15.9. The molecule has 2 aromatic rings. The second-order valence-corrected chi connectivity index (χ2v) is 3.92. The predicted molar refractivity (Wildman–Crippen MR) is 68.5 cm³/mol. The lowest BCUT2D eigenvalue weighted by Crippen LogP contribution is -1.99. The fourth-order valence-corrected chi connectivity index (χ4v) is 1.70. The maximum absolute atomic E-state index is 5.71. The first kappa shape index (κ1) is 11.5. The molecule has 0 atom stereocenters. The summed E-state index contributed by atoms with van der Waals surface area (Å²) in [5, 5.41) is 0. The van der Waals surface area contributed by atoms with E-state index in [0.29, 0.717) is 6.61 Å². The highest BCUT2D eigenvalue weighted by Gasteiger charge is 2.03. The zero-order chi connectivity index (χ0) is 12.1. The van der Waals surface area contributed by atoms with Crippen molar-refractivity contribution in [3.8, 4) is 11.5 Å². The summed E-state index contributed by atoms with van der Waals surface area (Å²) in [4.78, 5) is 0. The molecule has 2 heteroatoms. The second kappa shape index (κ2) is 5.39. The van der Waals surface area contributed by atoms with Crippen molar-refractivity contribution < 1.29 is 9.47 Å². The molecule has 0 fully saturated rings. The number of para-hydroxylation sites is 1. The Hall–Kier alpha value is -1.96. The van der Waals surface area contributed by atoms with E-state index in [9.17, 15) is 0 Å². The first-order valence-electron chi connectivity index (χ1n) is 5.61. The maximum atomic E-state index is 5.71. The fraction of sp³-hybridized carbons (Fsp3) is 0.200. The lowest BCUT2D eigenvalue weighted by Gasteiger charge is -2.11. The Labute approximate surface area is 102 Å². The minimum atomic E-state index is 0.523. The van der Waals surface area contributed by atoms with Crippen LogP contribution in [0.15, 0.2) is 48.5 Å². The molecule has 17 heavy (non-hydrogen) atoms. The molecule has 0 spiro atoms. The summed E-state index contributed by atoms with van der Waals surface area (Å²) in [7, 11) is 1.68. The summed E-state index contributed by atoms with van der Waals surface area (Å²) < 4.78 is 11.0. The van der Waals surface area contributed by atoms with Crippen LogP contribution < -0.4 is 9.47 Å². The summed E-state index contributed by atoms with van der Waals surface area (Å²) >= 11 is 0. The van der Waals surface area contributed by atoms with Crippen molar-refractivity contribution >= 4 is 0 Å².